The Balaban J connectivity index is 2.22. The van der Waals surface area contributed by atoms with Gasteiger partial charge in [0.05, 0.1) is 4.90 Å². The smallest absolute Gasteiger partial charge is 0.261 e. The molecule has 0 aliphatic rings. The fraction of sp³-hybridized carbons (Fsp3) is 0. The van der Waals surface area contributed by atoms with Gasteiger partial charge in [-0.25, -0.2) is 8.42 Å². The molecule has 0 spiro atoms. The third-order valence-corrected chi connectivity index (χ3v) is 3.86. The van der Waals surface area contributed by atoms with Crippen LogP contribution in [0.1, 0.15) is 0 Å². The van der Waals surface area contributed by atoms with Crippen molar-refractivity contribution in [1.82, 2.24) is 0 Å². The van der Waals surface area contributed by atoms with Crippen molar-refractivity contribution in [3.63, 3.8) is 0 Å². The van der Waals surface area contributed by atoms with Crippen LogP contribution in [-0.2, 0) is 10.0 Å². The largest absolute Gasteiger partial charge is 0.362 e. The van der Waals surface area contributed by atoms with Gasteiger partial charge in [-0.15, -0.1) is 0 Å². The van der Waals surface area contributed by atoms with E-state index < -0.39 is 10.0 Å². The van der Waals surface area contributed by atoms with Gasteiger partial charge in [0.2, 0.25) is 0 Å². The number of anilines is 2. The van der Waals surface area contributed by atoms with Crippen molar-refractivity contribution < 1.29 is 8.42 Å². The molecule has 0 aromatic heterocycles. The van der Waals surface area contributed by atoms with Crippen LogP contribution in [0.25, 0.3) is 0 Å². The van der Waals surface area contributed by atoms with Crippen LogP contribution < -0.4 is 10.0 Å². The van der Waals surface area contributed by atoms with Crippen LogP contribution >= 0.6 is 0 Å². The zero-order valence-corrected chi connectivity index (χ0v) is 11.0. The van der Waals surface area contributed by atoms with Crippen molar-refractivity contribution in [3.05, 3.63) is 67.4 Å². The minimum atomic E-state index is -3.55. The van der Waals surface area contributed by atoms with Gasteiger partial charge < -0.3 is 5.32 Å². The zero-order chi connectivity index (χ0) is 13.7. The van der Waals surface area contributed by atoms with Gasteiger partial charge in [-0.05, 0) is 42.6 Å². The highest BCUT2D eigenvalue weighted by Crippen LogP contribution is 2.17. The summed E-state index contributed by atoms with van der Waals surface area (Å²) in [4.78, 5) is 0.214. The molecule has 0 aliphatic heterocycles. The van der Waals surface area contributed by atoms with E-state index in [4.69, 9.17) is 0 Å². The minimum Gasteiger partial charge on any atom is -0.362 e. The summed E-state index contributed by atoms with van der Waals surface area (Å²) >= 11 is 0. The Morgan fingerprint density at radius 3 is 2.11 bits per heavy atom. The summed E-state index contributed by atoms with van der Waals surface area (Å²) < 4.78 is 26.8. The average Bonchev–Trinajstić information content (AvgIpc) is 2.40. The van der Waals surface area contributed by atoms with Crippen LogP contribution in [0.15, 0.2) is 72.3 Å². The van der Waals surface area contributed by atoms with Crippen molar-refractivity contribution in [3.8, 4) is 0 Å². The van der Waals surface area contributed by atoms with Crippen LogP contribution in [0.5, 0.6) is 0 Å². The third-order valence-electron chi connectivity index (χ3n) is 2.46. The lowest BCUT2D eigenvalue weighted by Gasteiger charge is -2.08. The Labute approximate surface area is 112 Å². The Hall–Kier alpha value is -2.27. The van der Waals surface area contributed by atoms with E-state index in [1.54, 1.807) is 36.4 Å². The molecule has 0 aliphatic carbocycles. The second-order valence-corrected chi connectivity index (χ2v) is 5.53. The number of sulfonamides is 1. The van der Waals surface area contributed by atoms with Gasteiger partial charge in [0.1, 0.15) is 0 Å². The van der Waals surface area contributed by atoms with Gasteiger partial charge in [-0.1, -0.05) is 24.8 Å². The maximum absolute atomic E-state index is 12.1. The molecule has 5 heteroatoms. The summed E-state index contributed by atoms with van der Waals surface area (Å²) in [7, 11) is -3.55. The molecule has 2 rings (SSSR count). The SMILES string of the molecule is C=CNc1ccc(S(=O)(=O)Nc2ccccc2)cc1. The number of hydrogen-bond acceptors (Lipinski definition) is 3. The quantitative estimate of drug-likeness (QED) is 0.881. The molecular weight excluding hydrogens is 260 g/mol. The van der Waals surface area contributed by atoms with Gasteiger partial charge in [0, 0.05) is 11.4 Å². The first-order chi connectivity index (χ1) is 9.12. The van der Waals surface area contributed by atoms with E-state index in [0.29, 0.717) is 5.69 Å². The predicted octanol–water partition coefficient (Wildman–Crippen LogP) is 3.04. The molecule has 4 nitrogen and oxygen atoms in total. The monoisotopic (exact) mass is 274 g/mol. The van der Waals surface area contributed by atoms with E-state index in [2.05, 4.69) is 16.6 Å². The van der Waals surface area contributed by atoms with Gasteiger partial charge in [0.15, 0.2) is 0 Å². The highest BCUT2D eigenvalue weighted by molar-refractivity contribution is 7.92. The van der Waals surface area contributed by atoms with Crippen LogP contribution in [0.4, 0.5) is 11.4 Å². The molecule has 0 saturated heterocycles. The maximum Gasteiger partial charge on any atom is 0.261 e. The summed E-state index contributed by atoms with van der Waals surface area (Å²) in [5.41, 5.74) is 1.32. The van der Waals surface area contributed by atoms with Gasteiger partial charge >= 0.3 is 0 Å². The van der Waals surface area contributed by atoms with E-state index in [9.17, 15) is 8.42 Å². The molecule has 0 fully saturated rings. The van der Waals surface area contributed by atoms with Crippen molar-refractivity contribution in [2.24, 2.45) is 0 Å². The molecule has 19 heavy (non-hydrogen) atoms. The first kappa shape index (κ1) is 13.2. The lowest BCUT2D eigenvalue weighted by Crippen LogP contribution is -2.12. The zero-order valence-electron chi connectivity index (χ0n) is 10.2. The van der Waals surface area contributed by atoms with Crippen molar-refractivity contribution in [1.29, 1.82) is 0 Å². The molecule has 98 valence electrons. The summed E-state index contributed by atoms with van der Waals surface area (Å²) in [5, 5.41) is 2.88. The number of rotatable bonds is 5. The van der Waals surface area contributed by atoms with E-state index in [1.807, 2.05) is 6.07 Å². The van der Waals surface area contributed by atoms with Crippen LogP contribution in [0, 0.1) is 0 Å². The second-order valence-electron chi connectivity index (χ2n) is 3.84. The fourth-order valence-electron chi connectivity index (χ4n) is 1.57. The molecule has 2 N–H and O–H groups in total. The van der Waals surface area contributed by atoms with Gasteiger partial charge in [-0.2, -0.15) is 0 Å². The molecule has 0 radical (unpaired) electrons. The Morgan fingerprint density at radius 2 is 1.53 bits per heavy atom. The molecule has 2 aromatic rings. The molecule has 0 amide bonds. The van der Waals surface area contributed by atoms with E-state index >= 15 is 0 Å². The van der Waals surface area contributed by atoms with Crippen LogP contribution in [-0.4, -0.2) is 8.42 Å². The van der Waals surface area contributed by atoms with E-state index in [0.717, 1.165) is 5.69 Å². The predicted molar refractivity (Wildman–Crippen MR) is 77.5 cm³/mol. The van der Waals surface area contributed by atoms with Crippen LogP contribution in [0.2, 0.25) is 0 Å². The van der Waals surface area contributed by atoms with E-state index in [-0.39, 0.29) is 4.90 Å². The Morgan fingerprint density at radius 1 is 0.895 bits per heavy atom. The fourth-order valence-corrected chi connectivity index (χ4v) is 2.63. The Bertz CT molecular complexity index is 650. The third kappa shape index (κ3) is 3.35. The van der Waals surface area contributed by atoms with Gasteiger partial charge in [-0.3, -0.25) is 4.72 Å². The Kier molecular flexibility index (Phi) is 3.87. The number of hydrogen-bond donors (Lipinski definition) is 2. The number of benzene rings is 2. The molecule has 2 aromatic carbocycles. The molecule has 0 bridgehead atoms. The normalized spacial score (nSPS) is 10.7. The lowest BCUT2D eigenvalue weighted by molar-refractivity contribution is 0.601. The first-order valence-corrected chi connectivity index (χ1v) is 7.15. The van der Waals surface area contributed by atoms with Crippen molar-refractivity contribution in [2.75, 3.05) is 10.0 Å². The highest BCUT2D eigenvalue weighted by Gasteiger charge is 2.13. The second kappa shape index (κ2) is 5.58. The average molecular weight is 274 g/mol. The summed E-state index contributed by atoms with van der Waals surface area (Å²) in [6.45, 7) is 3.54. The van der Waals surface area contributed by atoms with Crippen LogP contribution in [0.3, 0.4) is 0 Å². The standard InChI is InChI=1S/C14H14N2O2S/c1-2-15-12-8-10-14(11-9-12)19(17,18)16-13-6-4-3-5-7-13/h2-11,15-16H,1H2. The lowest BCUT2D eigenvalue weighted by atomic mass is 10.3. The molecule has 0 unspecified atom stereocenters. The highest BCUT2D eigenvalue weighted by atomic mass is 32.2. The van der Waals surface area contributed by atoms with Crippen molar-refractivity contribution in [2.45, 2.75) is 4.90 Å². The minimum absolute atomic E-state index is 0.214. The van der Waals surface area contributed by atoms with E-state index in [1.165, 1.54) is 18.3 Å². The summed E-state index contributed by atoms with van der Waals surface area (Å²) in [6.07, 6.45) is 1.53. The topological polar surface area (TPSA) is 58.2 Å². The number of para-hydroxylation sites is 1. The molecule has 0 atom stereocenters. The van der Waals surface area contributed by atoms with Gasteiger partial charge in [0.25, 0.3) is 10.0 Å². The maximum atomic E-state index is 12.1. The first-order valence-electron chi connectivity index (χ1n) is 5.67. The molecular formula is C14H14N2O2S. The van der Waals surface area contributed by atoms with Crippen molar-refractivity contribution >= 4 is 21.4 Å². The molecule has 0 saturated carbocycles. The number of nitrogens with one attached hydrogen (secondary N) is 2. The summed E-state index contributed by atoms with van der Waals surface area (Å²) in [6, 6.07) is 15.2. The molecule has 0 heterocycles. The summed E-state index contributed by atoms with van der Waals surface area (Å²) in [5.74, 6) is 0.